The van der Waals surface area contributed by atoms with Gasteiger partial charge in [-0.1, -0.05) is 6.92 Å². The van der Waals surface area contributed by atoms with Gasteiger partial charge in [0.15, 0.2) is 0 Å². The molecule has 2 heterocycles. The smallest absolute Gasteiger partial charge is 0.331 e. The maximum Gasteiger partial charge on any atom is 0.331 e. The van der Waals surface area contributed by atoms with E-state index in [1.165, 1.54) is 4.57 Å². The van der Waals surface area contributed by atoms with E-state index in [1.807, 2.05) is 6.92 Å². The summed E-state index contributed by atoms with van der Waals surface area (Å²) in [6.07, 6.45) is 1.93. The zero-order valence-corrected chi connectivity index (χ0v) is 10.7. The van der Waals surface area contributed by atoms with Crippen LogP contribution >= 0.6 is 0 Å². The average Bonchev–Trinajstić information content (AvgIpc) is 2.29. The van der Waals surface area contributed by atoms with Gasteiger partial charge in [-0.05, 0) is 26.2 Å². The fourth-order valence-corrected chi connectivity index (χ4v) is 2.48. The summed E-state index contributed by atoms with van der Waals surface area (Å²) in [7, 11) is 0. The molecule has 0 radical (unpaired) electrons. The number of hydrogen-bond acceptors (Lipinski definition) is 4. The maximum absolute atomic E-state index is 11.9. The summed E-state index contributed by atoms with van der Waals surface area (Å²) in [5.74, 6) is -0.237. The Balaban J connectivity index is 2.63. The number of aromatic hydroxyl groups is 1. The van der Waals surface area contributed by atoms with Crippen molar-refractivity contribution in [3.05, 3.63) is 26.4 Å². The predicted molar refractivity (Wildman–Crippen MR) is 66.1 cm³/mol. The van der Waals surface area contributed by atoms with Gasteiger partial charge >= 0.3 is 5.69 Å². The minimum absolute atomic E-state index is 0.237. The fourth-order valence-electron chi connectivity index (χ4n) is 2.48. The van der Waals surface area contributed by atoms with Gasteiger partial charge in [0.05, 0.1) is 17.7 Å². The van der Waals surface area contributed by atoms with Crippen LogP contribution in [-0.2, 0) is 16.7 Å². The summed E-state index contributed by atoms with van der Waals surface area (Å²) in [6.45, 7) is 4.63. The number of aromatic nitrogens is 2. The Morgan fingerprint density at radius 1 is 1.50 bits per heavy atom. The molecule has 1 aliphatic rings. The zero-order chi connectivity index (χ0) is 13.3. The van der Waals surface area contributed by atoms with E-state index >= 15 is 0 Å². The minimum atomic E-state index is -0.604. The van der Waals surface area contributed by atoms with Gasteiger partial charge in [0, 0.05) is 6.61 Å². The quantitative estimate of drug-likeness (QED) is 0.796. The molecule has 0 amide bonds. The summed E-state index contributed by atoms with van der Waals surface area (Å²) in [4.78, 5) is 25.8. The van der Waals surface area contributed by atoms with E-state index in [4.69, 9.17) is 4.74 Å². The molecule has 1 saturated heterocycles. The first-order valence-corrected chi connectivity index (χ1v) is 6.15. The Morgan fingerprint density at radius 2 is 2.22 bits per heavy atom. The van der Waals surface area contributed by atoms with Gasteiger partial charge in [-0.3, -0.25) is 14.3 Å². The number of ether oxygens (including phenoxy) is 1. The van der Waals surface area contributed by atoms with Crippen LogP contribution in [0.3, 0.4) is 0 Å². The molecule has 1 aromatic rings. The summed E-state index contributed by atoms with van der Waals surface area (Å²) >= 11 is 0. The lowest BCUT2D eigenvalue weighted by Gasteiger charge is -2.35. The van der Waals surface area contributed by atoms with E-state index in [9.17, 15) is 14.7 Å². The number of nitrogens with one attached hydrogen (secondary N) is 1. The molecule has 18 heavy (non-hydrogen) atoms. The molecule has 0 aliphatic carbocycles. The van der Waals surface area contributed by atoms with Crippen molar-refractivity contribution in [1.29, 1.82) is 0 Å². The van der Waals surface area contributed by atoms with Crippen molar-refractivity contribution in [2.24, 2.45) is 0 Å². The Kier molecular flexibility index (Phi) is 3.30. The minimum Gasteiger partial charge on any atom is -0.494 e. The van der Waals surface area contributed by atoms with Gasteiger partial charge in [0.1, 0.15) is 0 Å². The second-order valence-corrected chi connectivity index (χ2v) is 4.90. The lowest BCUT2D eigenvalue weighted by molar-refractivity contribution is 0.00349. The van der Waals surface area contributed by atoms with Crippen molar-refractivity contribution in [2.75, 3.05) is 13.2 Å². The fraction of sp³-hybridized carbons (Fsp3) is 0.667. The average molecular weight is 254 g/mol. The Hall–Kier alpha value is -1.56. The highest BCUT2D eigenvalue weighted by Gasteiger charge is 2.33. The summed E-state index contributed by atoms with van der Waals surface area (Å²) in [5.41, 5.74) is -1.46. The van der Waals surface area contributed by atoms with E-state index in [0.29, 0.717) is 19.6 Å². The van der Waals surface area contributed by atoms with Crippen LogP contribution in [-0.4, -0.2) is 27.9 Å². The van der Waals surface area contributed by atoms with E-state index in [1.54, 1.807) is 6.92 Å². The van der Waals surface area contributed by atoms with Gasteiger partial charge in [-0.2, -0.15) is 0 Å². The molecule has 1 fully saturated rings. The second-order valence-electron chi connectivity index (χ2n) is 4.90. The number of nitrogens with zero attached hydrogens (tertiary/aromatic N) is 1. The van der Waals surface area contributed by atoms with Crippen molar-refractivity contribution < 1.29 is 9.84 Å². The lowest BCUT2D eigenvalue weighted by atomic mass is 9.94. The van der Waals surface area contributed by atoms with Crippen molar-refractivity contribution in [1.82, 2.24) is 9.55 Å². The maximum atomic E-state index is 11.9. The molecule has 0 aromatic carbocycles. The van der Waals surface area contributed by atoms with Crippen LogP contribution in [0.1, 0.15) is 32.3 Å². The molecule has 1 aliphatic heterocycles. The number of H-pyrrole nitrogens is 1. The molecule has 2 N–H and O–H groups in total. The lowest BCUT2D eigenvalue weighted by Crippen LogP contribution is -2.47. The van der Waals surface area contributed by atoms with Crippen LogP contribution in [0, 0.1) is 0 Å². The first-order chi connectivity index (χ1) is 8.49. The molecular weight excluding hydrogens is 236 g/mol. The Bertz CT molecular complexity index is 552. The molecule has 6 nitrogen and oxygen atoms in total. The molecule has 6 heteroatoms. The van der Waals surface area contributed by atoms with Crippen molar-refractivity contribution in [3.63, 3.8) is 0 Å². The third-order valence-corrected chi connectivity index (χ3v) is 3.49. The van der Waals surface area contributed by atoms with Gasteiger partial charge in [0.25, 0.3) is 5.56 Å². The van der Waals surface area contributed by atoms with E-state index in [2.05, 4.69) is 4.98 Å². The van der Waals surface area contributed by atoms with Gasteiger partial charge < -0.3 is 9.84 Å². The Labute approximate surface area is 104 Å². The summed E-state index contributed by atoms with van der Waals surface area (Å²) < 4.78 is 6.65. The van der Waals surface area contributed by atoms with E-state index < -0.39 is 16.8 Å². The largest absolute Gasteiger partial charge is 0.494 e. The number of hydrogen-bond donors (Lipinski definition) is 2. The van der Waals surface area contributed by atoms with Gasteiger partial charge in [-0.25, -0.2) is 4.79 Å². The topological polar surface area (TPSA) is 84.3 Å². The molecular formula is C12H18N2O4. The predicted octanol–water partition coefficient (Wildman–Crippen LogP) is 0.330. The highest BCUT2D eigenvalue weighted by molar-refractivity contribution is 5.24. The van der Waals surface area contributed by atoms with Gasteiger partial charge in [-0.15, -0.1) is 0 Å². The highest BCUT2D eigenvalue weighted by Crippen LogP contribution is 2.29. The highest BCUT2D eigenvalue weighted by atomic mass is 16.5. The van der Waals surface area contributed by atoms with Crippen molar-refractivity contribution >= 4 is 0 Å². The standard InChI is InChI=1S/C12H18N2O4/c1-3-8-9(15)13-11(17)14(10(8)16)12(2)5-4-6-18-7-12/h16H,3-7H2,1-2H3,(H,13,15,17). The first-order valence-electron chi connectivity index (χ1n) is 6.15. The molecule has 100 valence electrons. The van der Waals surface area contributed by atoms with Crippen LogP contribution in [0.15, 0.2) is 9.59 Å². The number of aromatic amines is 1. The first kappa shape index (κ1) is 12.9. The molecule has 1 unspecified atom stereocenters. The van der Waals surface area contributed by atoms with Crippen LogP contribution in [0.5, 0.6) is 5.88 Å². The molecule has 0 saturated carbocycles. The second kappa shape index (κ2) is 4.61. The normalized spacial score (nSPS) is 24.1. The molecule has 0 bridgehead atoms. The van der Waals surface area contributed by atoms with Crippen LogP contribution in [0.4, 0.5) is 0 Å². The van der Waals surface area contributed by atoms with Crippen molar-refractivity contribution in [2.45, 2.75) is 38.6 Å². The zero-order valence-electron chi connectivity index (χ0n) is 10.7. The monoisotopic (exact) mass is 254 g/mol. The third-order valence-electron chi connectivity index (χ3n) is 3.49. The number of rotatable bonds is 2. The van der Waals surface area contributed by atoms with Crippen molar-refractivity contribution in [3.8, 4) is 5.88 Å². The van der Waals surface area contributed by atoms with Gasteiger partial charge in [0.2, 0.25) is 5.88 Å². The van der Waals surface area contributed by atoms with Crippen LogP contribution < -0.4 is 11.2 Å². The molecule has 0 spiro atoms. The van der Waals surface area contributed by atoms with E-state index in [-0.39, 0.29) is 11.4 Å². The summed E-state index contributed by atoms with van der Waals surface area (Å²) in [5, 5.41) is 10.2. The van der Waals surface area contributed by atoms with Crippen LogP contribution in [0.2, 0.25) is 0 Å². The Morgan fingerprint density at radius 3 is 2.78 bits per heavy atom. The summed E-state index contributed by atoms with van der Waals surface area (Å²) in [6, 6.07) is 0. The molecule has 1 atom stereocenters. The molecule has 2 rings (SSSR count). The molecule has 1 aromatic heterocycles. The van der Waals surface area contributed by atoms with E-state index in [0.717, 1.165) is 12.8 Å². The van der Waals surface area contributed by atoms with Crippen LogP contribution in [0.25, 0.3) is 0 Å². The SMILES string of the molecule is CCc1c(O)n(C2(C)CCCOC2)c(=O)[nH]c1=O. The third kappa shape index (κ3) is 1.96.